The number of nitriles is 1. The van der Waals surface area contributed by atoms with E-state index >= 15 is 0 Å². The van der Waals surface area contributed by atoms with Crippen molar-refractivity contribution in [3.8, 4) is 6.07 Å². The minimum Gasteiger partial charge on any atom is -0.304 e. The topological polar surface area (TPSA) is 27.0 Å². The van der Waals surface area contributed by atoms with E-state index in [1.165, 1.54) is 10.5 Å². The molecule has 0 unspecified atom stereocenters. The highest BCUT2D eigenvalue weighted by atomic mass is 32.2. The lowest BCUT2D eigenvalue weighted by atomic mass is 9.95. The number of likely N-dealkylation sites (N-methyl/N-ethyl adjacent to an activating group) is 1. The van der Waals surface area contributed by atoms with Crippen LogP contribution in [0.5, 0.6) is 0 Å². The maximum Gasteiger partial charge on any atom is 0.0697 e. The van der Waals surface area contributed by atoms with Gasteiger partial charge < -0.3 is 4.90 Å². The maximum absolute atomic E-state index is 9.01. The van der Waals surface area contributed by atoms with Crippen molar-refractivity contribution in [2.45, 2.75) is 25.2 Å². The molecule has 0 spiro atoms. The molecule has 2 nitrogen and oxygen atoms in total. The molecule has 0 saturated heterocycles. The first-order chi connectivity index (χ1) is 8.46. The number of thioether (sulfide) groups is 1. The van der Waals surface area contributed by atoms with Crippen molar-refractivity contribution < 1.29 is 0 Å². The molecule has 0 atom stereocenters. The van der Waals surface area contributed by atoms with Crippen LogP contribution in [0, 0.1) is 16.7 Å². The molecule has 0 N–H and O–H groups in total. The van der Waals surface area contributed by atoms with Gasteiger partial charge in [-0.25, -0.2) is 0 Å². The van der Waals surface area contributed by atoms with Crippen LogP contribution in [-0.4, -0.2) is 31.3 Å². The lowest BCUT2D eigenvalue weighted by Gasteiger charge is -2.24. The third-order valence-electron chi connectivity index (χ3n) is 2.91. The van der Waals surface area contributed by atoms with Crippen LogP contribution in [0.25, 0.3) is 0 Å². The van der Waals surface area contributed by atoms with Gasteiger partial charge >= 0.3 is 0 Å². The zero-order chi connectivity index (χ0) is 13.6. The molecule has 18 heavy (non-hydrogen) atoms. The van der Waals surface area contributed by atoms with Crippen molar-refractivity contribution in [2.24, 2.45) is 5.41 Å². The molecule has 0 radical (unpaired) electrons. The van der Waals surface area contributed by atoms with Crippen molar-refractivity contribution >= 4 is 11.8 Å². The van der Waals surface area contributed by atoms with E-state index in [1.54, 1.807) is 11.8 Å². The molecule has 0 aliphatic rings. The lowest BCUT2D eigenvalue weighted by Crippen LogP contribution is -2.31. The smallest absolute Gasteiger partial charge is 0.0697 e. The Hall–Kier alpha value is -0.980. The van der Waals surface area contributed by atoms with Crippen molar-refractivity contribution in [3.05, 3.63) is 29.8 Å². The van der Waals surface area contributed by atoms with Gasteiger partial charge in [-0.3, -0.25) is 0 Å². The standard InChI is InChI=1S/C15H22N2S/c1-15(2,11-16)12-17(3)10-9-13-5-7-14(18-4)8-6-13/h5-8H,9-10,12H2,1-4H3. The average Bonchev–Trinajstić information content (AvgIpc) is 2.36. The molecule has 0 amide bonds. The van der Waals surface area contributed by atoms with Crippen LogP contribution in [0.4, 0.5) is 0 Å². The Morgan fingerprint density at radius 2 is 1.89 bits per heavy atom. The van der Waals surface area contributed by atoms with Crippen LogP contribution in [-0.2, 0) is 6.42 Å². The molecule has 0 saturated carbocycles. The predicted octanol–water partition coefficient (Wildman–Crippen LogP) is 3.43. The largest absolute Gasteiger partial charge is 0.304 e. The average molecular weight is 262 g/mol. The zero-order valence-corrected chi connectivity index (χ0v) is 12.5. The van der Waals surface area contributed by atoms with Gasteiger partial charge in [0.1, 0.15) is 0 Å². The van der Waals surface area contributed by atoms with Crippen molar-refractivity contribution in [1.82, 2.24) is 4.90 Å². The SMILES string of the molecule is CSc1ccc(CCN(C)CC(C)(C)C#N)cc1. The predicted molar refractivity (Wildman–Crippen MR) is 78.8 cm³/mol. The number of hydrogen-bond donors (Lipinski definition) is 0. The molecule has 1 aromatic carbocycles. The van der Waals surface area contributed by atoms with Gasteiger partial charge in [0.05, 0.1) is 11.5 Å². The van der Waals surface area contributed by atoms with Gasteiger partial charge in [0.15, 0.2) is 0 Å². The van der Waals surface area contributed by atoms with Crippen molar-refractivity contribution in [1.29, 1.82) is 5.26 Å². The number of nitrogens with zero attached hydrogens (tertiary/aromatic N) is 2. The van der Waals surface area contributed by atoms with Crippen molar-refractivity contribution in [3.63, 3.8) is 0 Å². The van der Waals surface area contributed by atoms with E-state index in [9.17, 15) is 0 Å². The summed E-state index contributed by atoms with van der Waals surface area (Å²) >= 11 is 1.77. The molecular weight excluding hydrogens is 240 g/mol. The van der Waals surface area contributed by atoms with Crippen LogP contribution in [0.2, 0.25) is 0 Å². The van der Waals surface area contributed by atoms with E-state index in [-0.39, 0.29) is 5.41 Å². The summed E-state index contributed by atoms with van der Waals surface area (Å²) in [5, 5.41) is 9.01. The molecule has 3 heteroatoms. The normalized spacial score (nSPS) is 11.6. The zero-order valence-electron chi connectivity index (χ0n) is 11.7. The second-order valence-electron chi connectivity index (χ2n) is 5.33. The van der Waals surface area contributed by atoms with E-state index in [1.807, 2.05) is 13.8 Å². The minimum absolute atomic E-state index is 0.266. The van der Waals surface area contributed by atoms with E-state index in [2.05, 4.69) is 48.5 Å². The summed E-state index contributed by atoms with van der Waals surface area (Å²) < 4.78 is 0. The number of benzene rings is 1. The van der Waals surface area contributed by atoms with Gasteiger partial charge in [-0.05, 0) is 51.3 Å². The maximum atomic E-state index is 9.01. The van der Waals surface area contributed by atoms with Gasteiger partial charge in [0.2, 0.25) is 0 Å². The molecule has 1 rings (SSSR count). The van der Waals surface area contributed by atoms with Crippen LogP contribution in [0.15, 0.2) is 29.2 Å². The number of hydrogen-bond acceptors (Lipinski definition) is 3. The van der Waals surface area contributed by atoms with Gasteiger partial charge in [0.25, 0.3) is 0 Å². The molecule has 0 aliphatic heterocycles. The Morgan fingerprint density at radius 3 is 2.39 bits per heavy atom. The van der Waals surface area contributed by atoms with E-state index in [4.69, 9.17) is 5.26 Å². The van der Waals surface area contributed by atoms with Crippen LogP contribution < -0.4 is 0 Å². The second-order valence-corrected chi connectivity index (χ2v) is 6.21. The highest BCUT2D eigenvalue weighted by Gasteiger charge is 2.18. The quantitative estimate of drug-likeness (QED) is 0.735. The molecule has 0 fully saturated rings. The third kappa shape index (κ3) is 5.12. The fraction of sp³-hybridized carbons (Fsp3) is 0.533. The molecule has 0 bridgehead atoms. The summed E-state index contributed by atoms with van der Waals surface area (Å²) in [4.78, 5) is 3.53. The molecular formula is C15H22N2S. The summed E-state index contributed by atoms with van der Waals surface area (Å²) in [6.45, 7) is 5.77. The first kappa shape index (κ1) is 15.1. The summed E-state index contributed by atoms with van der Waals surface area (Å²) in [6, 6.07) is 11.1. The Balaban J connectivity index is 2.42. The molecule has 0 aromatic heterocycles. The number of rotatable bonds is 6. The van der Waals surface area contributed by atoms with Crippen LogP contribution >= 0.6 is 11.8 Å². The second kappa shape index (κ2) is 6.82. The third-order valence-corrected chi connectivity index (χ3v) is 3.65. The van der Waals surface area contributed by atoms with Crippen LogP contribution in [0.1, 0.15) is 19.4 Å². The Morgan fingerprint density at radius 1 is 1.28 bits per heavy atom. The minimum atomic E-state index is -0.266. The highest BCUT2D eigenvalue weighted by molar-refractivity contribution is 7.98. The van der Waals surface area contributed by atoms with E-state index in [0.717, 1.165) is 19.5 Å². The fourth-order valence-corrected chi connectivity index (χ4v) is 2.31. The molecule has 0 aliphatic carbocycles. The van der Waals surface area contributed by atoms with Gasteiger partial charge in [0, 0.05) is 18.0 Å². The molecule has 98 valence electrons. The molecule has 0 heterocycles. The Labute approximate surface area is 115 Å². The van der Waals surface area contributed by atoms with E-state index < -0.39 is 0 Å². The first-order valence-corrected chi connectivity index (χ1v) is 7.42. The fourth-order valence-electron chi connectivity index (χ4n) is 1.90. The Bertz CT molecular complexity index is 403. The van der Waals surface area contributed by atoms with Gasteiger partial charge in [-0.15, -0.1) is 11.8 Å². The van der Waals surface area contributed by atoms with Crippen LogP contribution in [0.3, 0.4) is 0 Å². The summed E-state index contributed by atoms with van der Waals surface area (Å²) in [6.07, 6.45) is 3.12. The molecule has 1 aromatic rings. The first-order valence-electron chi connectivity index (χ1n) is 6.19. The lowest BCUT2D eigenvalue weighted by molar-refractivity contribution is 0.258. The summed E-state index contributed by atoms with van der Waals surface area (Å²) in [7, 11) is 2.08. The Kier molecular flexibility index (Phi) is 5.71. The van der Waals surface area contributed by atoms with Gasteiger partial charge in [-0.2, -0.15) is 5.26 Å². The monoisotopic (exact) mass is 262 g/mol. The highest BCUT2D eigenvalue weighted by Crippen LogP contribution is 2.16. The van der Waals surface area contributed by atoms with E-state index in [0.29, 0.717) is 0 Å². The summed E-state index contributed by atoms with van der Waals surface area (Å²) in [5.74, 6) is 0. The van der Waals surface area contributed by atoms with Gasteiger partial charge in [-0.1, -0.05) is 12.1 Å². The summed E-state index contributed by atoms with van der Waals surface area (Å²) in [5.41, 5.74) is 1.09. The van der Waals surface area contributed by atoms with Crippen molar-refractivity contribution in [2.75, 3.05) is 26.4 Å².